The summed E-state index contributed by atoms with van der Waals surface area (Å²) in [4.78, 5) is 47.4. The molecule has 0 bridgehead atoms. The van der Waals surface area contributed by atoms with Crippen molar-refractivity contribution < 1.29 is 24.2 Å². The lowest BCUT2D eigenvalue weighted by Crippen LogP contribution is -2.52. The molecule has 5 heterocycles. The molecule has 8 rings (SSSR count). The van der Waals surface area contributed by atoms with Gasteiger partial charge in [0.2, 0.25) is 11.8 Å². The summed E-state index contributed by atoms with van der Waals surface area (Å²) >= 11 is 0. The van der Waals surface area contributed by atoms with Crippen LogP contribution in [-0.4, -0.2) is 91.2 Å². The maximum atomic E-state index is 12.5. The molecule has 1 atom stereocenters. The first kappa shape index (κ1) is 37.3. The number of aromatic nitrogens is 1. The lowest BCUT2D eigenvalue weighted by atomic mass is 9.95. The number of benzene rings is 3. The normalized spacial score (nSPS) is 18.9. The Hall–Kier alpha value is -5.42. The van der Waals surface area contributed by atoms with Crippen LogP contribution in [0.1, 0.15) is 48.2 Å². The van der Waals surface area contributed by atoms with E-state index in [0.29, 0.717) is 12.3 Å². The molecule has 11 nitrogen and oxygen atoms in total. The van der Waals surface area contributed by atoms with Crippen molar-refractivity contribution in [3.8, 4) is 11.5 Å². The minimum Gasteiger partial charge on any atom is -0.508 e. The third-order valence-corrected chi connectivity index (χ3v) is 10.1. The number of ether oxygens (including phenoxy) is 1. The van der Waals surface area contributed by atoms with Crippen molar-refractivity contribution in [3.63, 3.8) is 0 Å². The van der Waals surface area contributed by atoms with Gasteiger partial charge in [0.15, 0.2) is 0 Å². The van der Waals surface area contributed by atoms with Crippen LogP contribution >= 0.6 is 0 Å². The van der Waals surface area contributed by atoms with E-state index in [1.807, 2.05) is 48.5 Å². The second-order valence-electron chi connectivity index (χ2n) is 13.8. The topological polar surface area (TPSA) is 127 Å². The largest absolute Gasteiger partial charge is 0.508 e. The monoisotopic (exact) mass is 718 g/mol. The van der Waals surface area contributed by atoms with Crippen molar-refractivity contribution in [2.45, 2.75) is 44.6 Å². The van der Waals surface area contributed by atoms with Crippen LogP contribution in [0.25, 0.3) is 0 Å². The zero-order chi connectivity index (χ0) is 36.8. The first-order chi connectivity index (χ1) is 25.9. The Bertz CT molecular complexity index is 1730. The summed E-state index contributed by atoms with van der Waals surface area (Å²) < 4.78 is 5.34. The van der Waals surface area contributed by atoms with Crippen molar-refractivity contribution in [2.24, 2.45) is 5.92 Å². The molecular formula is C42H50N6O5. The fourth-order valence-corrected chi connectivity index (χ4v) is 7.05. The van der Waals surface area contributed by atoms with Crippen LogP contribution in [0.5, 0.6) is 11.5 Å². The Balaban J connectivity index is 0.000000229. The number of hydrogen-bond acceptors (Lipinski definition) is 9. The van der Waals surface area contributed by atoms with Gasteiger partial charge >= 0.3 is 0 Å². The fourth-order valence-electron chi connectivity index (χ4n) is 7.05. The van der Waals surface area contributed by atoms with E-state index in [1.165, 1.54) is 11.3 Å². The van der Waals surface area contributed by atoms with Crippen LogP contribution in [0.2, 0.25) is 0 Å². The summed E-state index contributed by atoms with van der Waals surface area (Å²) in [5.41, 5.74) is 3.81. The first-order valence-electron chi connectivity index (χ1n) is 18.7. The summed E-state index contributed by atoms with van der Waals surface area (Å²) in [5.74, 6) is 0.666. The Morgan fingerprint density at radius 2 is 1.47 bits per heavy atom. The molecule has 0 saturated carbocycles. The molecule has 4 aliphatic rings. The van der Waals surface area contributed by atoms with Gasteiger partial charge in [0.1, 0.15) is 23.2 Å². The number of fused-ring (bicyclic) bond motifs is 1. The number of anilines is 2. The number of carbonyl (C=O) groups is 3. The maximum Gasteiger partial charge on any atom is 0.270 e. The van der Waals surface area contributed by atoms with Crippen LogP contribution in [-0.2, 0) is 16.0 Å². The number of aromatic hydroxyl groups is 1. The van der Waals surface area contributed by atoms with E-state index in [4.69, 9.17) is 9.84 Å². The third-order valence-electron chi connectivity index (χ3n) is 10.1. The zero-order valence-corrected chi connectivity index (χ0v) is 30.2. The van der Waals surface area contributed by atoms with E-state index in [0.717, 1.165) is 89.5 Å². The summed E-state index contributed by atoms with van der Waals surface area (Å²) in [7, 11) is 0. The van der Waals surface area contributed by atoms with Gasteiger partial charge in [-0.05, 0) is 73.9 Å². The fraction of sp³-hybridized carbons (Fsp3) is 0.381. The highest BCUT2D eigenvalue weighted by Crippen LogP contribution is 2.28. The van der Waals surface area contributed by atoms with Crippen LogP contribution in [0.15, 0.2) is 103 Å². The number of pyridine rings is 1. The van der Waals surface area contributed by atoms with Gasteiger partial charge in [-0.2, -0.15) is 0 Å². The van der Waals surface area contributed by atoms with E-state index >= 15 is 0 Å². The standard InChI is InChI=1S/C27H34N6O3.C9H10O2.C6H6/c34-25-9-8-24(27(36)30-25)29-26(35)23-7-6-22(18-28-23)32-12-10-20(11-13-32)19-31-14-16-33(17-15-31)21-4-2-1-3-5-21;10-8-4-3-7-2-1-5-11-9(7)6-8;1-2-4-6-5-3-1/h1-7,18,20,24H,8-17,19H2,(H,29,35)(H,30,34,36);3-4,6,10H,1-2,5H2;1-6H. The number of nitrogens with zero attached hydrogens (tertiary/aromatic N) is 4. The number of phenols is 1. The molecule has 0 spiro atoms. The number of para-hydroxylation sites is 1. The quantitative estimate of drug-likeness (QED) is 0.235. The molecule has 3 saturated heterocycles. The molecule has 0 aliphatic carbocycles. The number of phenolic OH excluding ortho intramolecular Hbond substituents is 1. The van der Waals surface area contributed by atoms with Gasteiger partial charge in [-0.1, -0.05) is 60.7 Å². The van der Waals surface area contributed by atoms with E-state index in [1.54, 1.807) is 24.4 Å². The first-order valence-corrected chi connectivity index (χ1v) is 18.7. The van der Waals surface area contributed by atoms with Gasteiger partial charge in [-0.25, -0.2) is 4.98 Å². The summed E-state index contributed by atoms with van der Waals surface area (Å²) in [6.07, 6.45) is 6.72. The van der Waals surface area contributed by atoms with Crippen LogP contribution in [0.4, 0.5) is 11.4 Å². The number of nitrogens with one attached hydrogen (secondary N) is 2. The average molecular weight is 719 g/mol. The smallest absolute Gasteiger partial charge is 0.270 e. The second-order valence-corrected chi connectivity index (χ2v) is 13.8. The average Bonchev–Trinajstić information content (AvgIpc) is 3.21. The van der Waals surface area contributed by atoms with Crippen molar-refractivity contribution in [3.05, 3.63) is 115 Å². The minimum atomic E-state index is -0.697. The molecule has 1 unspecified atom stereocenters. The van der Waals surface area contributed by atoms with Gasteiger partial charge in [-0.15, -0.1) is 0 Å². The van der Waals surface area contributed by atoms with Crippen molar-refractivity contribution in [2.75, 3.05) is 62.2 Å². The molecule has 4 aromatic rings. The predicted molar refractivity (Wildman–Crippen MR) is 206 cm³/mol. The molecule has 3 N–H and O–H groups in total. The highest BCUT2D eigenvalue weighted by Gasteiger charge is 2.29. The Morgan fingerprint density at radius 3 is 2.13 bits per heavy atom. The number of carbonyl (C=O) groups excluding carboxylic acids is 3. The number of piperazine rings is 1. The Morgan fingerprint density at radius 1 is 0.792 bits per heavy atom. The van der Waals surface area contributed by atoms with E-state index < -0.39 is 17.9 Å². The van der Waals surface area contributed by atoms with Gasteiger partial charge in [0.05, 0.1) is 18.5 Å². The molecular weight excluding hydrogens is 668 g/mol. The van der Waals surface area contributed by atoms with Crippen LogP contribution < -0.4 is 25.2 Å². The maximum absolute atomic E-state index is 12.5. The molecule has 53 heavy (non-hydrogen) atoms. The van der Waals surface area contributed by atoms with E-state index in [2.05, 4.69) is 60.6 Å². The lowest BCUT2D eigenvalue weighted by molar-refractivity contribution is -0.134. The van der Waals surface area contributed by atoms with E-state index in [-0.39, 0.29) is 23.8 Å². The number of piperidine rings is 2. The predicted octanol–water partition coefficient (Wildman–Crippen LogP) is 5.06. The van der Waals surface area contributed by atoms with E-state index in [9.17, 15) is 14.4 Å². The number of rotatable bonds is 6. The lowest BCUT2D eigenvalue weighted by Gasteiger charge is -2.40. The number of amides is 3. The minimum absolute atomic E-state index is 0.225. The van der Waals surface area contributed by atoms with Crippen molar-refractivity contribution >= 4 is 29.1 Å². The zero-order valence-electron chi connectivity index (χ0n) is 30.2. The van der Waals surface area contributed by atoms with Crippen molar-refractivity contribution in [1.82, 2.24) is 20.5 Å². The Labute approximate surface area is 312 Å². The molecule has 1 aromatic heterocycles. The van der Waals surface area contributed by atoms with Gasteiger partial charge in [-0.3, -0.25) is 24.6 Å². The highest BCUT2D eigenvalue weighted by molar-refractivity contribution is 6.03. The second kappa shape index (κ2) is 18.9. The summed E-state index contributed by atoms with van der Waals surface area (Å²) in [6, 6.07) is 30.9. The number of imide groups is 1. The van der Waals surface area contributed by atoms with Crippen LogP contribution in [0, 0.1) is 5.92 Å². The molecule has 3 amide bonds. The van der Waals surface area contributed by atoms with Crippen molar-refractivity contribution in [1.29, 1.82) is 0 Å². The number of hydrogen-bond donors (Lipinski definition) is 3. The molecule has 278 valence electrons. The number of aryl methyl sites for hydroxylation is 1. The molecule has 0 radical (unpaired) electrons. The van der Waals surface area contributed by atoms with Crippen LogP contribution in [0.3, 0.4) is 0 Å². The summed E-state index contributed by atoms with van der Waals surface area (Å²) in [6.45, 7) is 8.29. The molecule has 3 aromatic carbocycles. The van der Waals surface area contributed by atoms with Gasteiger partial charge < -0.3 is 25.0 Å². The highest BCUT2D eigenvalue weighted by atomic mass is 16.5. The SMILES string of the molecule is O=C1CCC(NC(=O)c2ccc(N3CCC(CN4CCN(c5ccccc5)CC4)CC3)cn2)C(=O)N1.Oc1ccc2c(c1)OCCC2.c1ccccc1. The summed E-state index contributed by atoms with van der Waals surface area (Å²) in [5, 5.41) is 14.0. The van der Waals surface area contributed by atoms with Gasteiger partial charge in [0, 0.05) is 64.0 Å². The third kappa shape index (κ3) is 11.0. The molecule has 3 fully saturated rings. The Kier molecular flexibility index (Phi) is 13.3. The molecule has 11 heteroatoms. The molecule has 4 aliphatic heterocycles. The van der Waals surface area contributed by atoms with Gasteiger partial charge in [0.25, 0.3) is 5.91 Å².